The highest BCUT2D eigenvalue weighted by atomic mass is 16.4. The summed E-state index contributed by atoms with van der Waals surface area (Å²) in [5.41, 5.74) is 0.754. The predicted octanol–water partition coefficient (Wildman–Crippen LogP) is 3.36. The van der Waals surface area contributed by atoms with Crippen molar-refractivity contribution in [1.29, 1.82) is 0 Å². The first kappa shape index (κ1) is 10.8. The first-order valence-corrected chi connectivity index (χ1v) is 6.46. The van der Waals surface area contributed by atoms with Gasteiger partial charge in [0.15, 0.2) is 0 Å². The lowest BCUT2D eigenvalue weighted by molar-refractivity contribution is -0.154. The molecule has 2 nitrogen and oxygen atoms in total. The zero-order valence-electron chi connectivity index (χ0n) is 9.98. The van der Waals surface area contributed by atoms with Crippen molar-refractivity contribution in [2.24, 2.45) is 5.41 Å². The van der Waals surface area contributed by atoms with E-state index in [1.807, 2.05) is 30.3 Å². The molecule has 0 aliphatic heterocycles. The van der Waals surface area contributed by atoms with Gasteiger partial charge in [-0.1, -0.05) is 43.2 Å². The van der Waals surface area contributed by atoms with E-state index in [0.29, 0.717) is 5.41 Å². The molecule has 0 heterocycles. The van der Waals surface area contributed by atoms with Crippen LogP contribution in [0.15, 0.2) is 30.3 Å². The highest BCUT2D eigenvalue weighted by Gasteiger charge is 2.60. The lowest BCUT2D eigenvalue weighted by atomic mass is 9.49. The third-order valence-electron chi connectivity index (χ3n) is 4.75. The van der Waals surface area contributed by atoms with Crippen molar-refractivity contribution < 1.29 is 9.90 Å². The van der Waals surface area contributed by atoms with E-state index in [9.17, 15) is 9.90 Å². The number of rotatable bonds is 2. The predicted molar refractivity (Wildman–Crippen MR) is 65.9 cm³/mol. The van der Waals surface area contributed by atoms with Gasteiger partial charge in [-0.05, 0) is 36.7 Å². The Balaban J connectivity index is 1.91. The second kappa shape index (κ2) is 3.59. The van der Waals surface area contributed by atoms with E-state index in [-0.39, 0.29) is 0 Å². The van der Waals surface area contributed by atoms with Crippen molar-refractivity contribution >= 4 is 5.97 Å². The number of carboxylic acid groups (broad SMARTS) is 1. The Hall–Kier alpha value is -1.31. The van der Waals surface area contributed by atoms with E-state index < -0.39 is 11.4 Å². The molecule has 1 aromatic carbocycles. The van der Waals surface area contributed by atoms with Gasteiger partial charge in [-0.3, -0.25) is 4.79 Å². The molecule has 90 valence electrons. The second-order valence-corrected chi connectivity index (χ2v) is 5.81. The van der Waals surface area contributed by atoms with Crippen molar-refractivity contribution in [2.45, 2.75) is 43.9 Å². The van der Waals surface area contributed by atoms with Gasteiger partial charge in [0.25, 0.3) is 0 Å². The lowest BCUT2D eigenvalue weighted by Gasteiger charge is -2.52. The van der Waals surface area contributed by atoms with Crippen LogP contribution in [0.3, 0.4) is 0 Å². The van der Waals surface area contributed by atoms with Crippen molar-refractivity contribution in [3.63, 3.8) is 0 Å². The number of carboxylic acids is 1. The van der Waals surface area contributed by atoms with E-state index in [1.165, 1.54) is 25.7 Å². The standard InChI is InChI=1S/C15H18O2/c16-13(17)15(12-6-2-1-3-7-12)10-14(11-15)8-4-5-9-14/h1-3,6-7H,4-5,8-11H2,(H,16,17). The van der Waals surface area contributed by atoms with Crippen LogP contribution in [0, 0.1) is 5.41 Å². The SMILES string of the molecule is O=C(O)C1(c2ccccc2)CC2(CCCC2)C1. The normalized spacial score (nSPS) is 24.5. The second-order valence-electron chi connectivity index (χ2n) is 5.81. The highest BCUT2D eigenvalue weighted by molar-refractivity contribution is 5.83. The van der Waals surface area contributed by atoms with E-state index in [2.05, 4.69) is 0 Å². The van der Waals surface area contributed by atoms with Gasteiger partial charge in [0.05, 0.1) is 5.41 Å². The molecular formula is C15H18O2. The largest absolute Gasteiger partial charge is 0.481 e. The van der Waals surface area contributed by atoms with Crippen LogP contribution in [0.5, 0.6) is 0 Å². The van der Waals surface area contributed by atoms with Crippen LogP contribution >= 0.6 is 0 Å². The summed E-state index contributed by atoms with van der Waals surface area (Å²) in [6.45, 7) is 0. The van der Waals surface area contributed by atoms with Gasteiger partial charge in [0.2, 0.25) is 0 Å². The van der Waals surface area contributed by atoms with Crippen LogP contribution in [0.25, 0.3) is 0 Å². The molecule has 3 rings (SSSR count). The molecule has 2 aliphatic rings. The summed E-state index contributed by atoms with van der Waals surface area (Å²) in [4.78, 5) is 11.6. The molecular weight excluding hydrogens is 212 g/mol. The van der Waals surface area contributed by atoms with Crippen molar-refractivity contribution in [3.05, 3.63) is 35.9 Å². The molecule has 0 saturated heterocycles. The quantitative estimate of drug-likeness (QED) is 0.845. The minimum atomic E-state index is -0.638. The third-order valence-corrected chi connectivity index (χ3v) is 4.75. The fourth-order valence-corrected chi connectivity index (χ4v) is 3.94. The van der Waals surface area contributed by atoms with Crippen LogP contribution in [0.1, 0.15) is 44.1 Å². The molecule has 1 spiro atoms. The highest BCUT2D eigenvalue weighted by Crippen LogP contribution is 2.62. The average molecular weight is 230 g/mol. The molecule has 1 N–H and O–H groups in total. The summed E-state index contributed by atoms with van der Waals surface area (Å²) < 4.78 is 0. The Morgan fingerprint density at radius 2 is 1.65 bits per heavy atom. The molecule has 2 heteroatoms. The Morgan fingerprint density at radius 3 is 2.18 bits per heavy atom. The molecule has 0 amide bonds. The van der Waals surface area contributed by atoms with E-state index >= 15 is 0 Å². The summed E-state index contributed by atoms with van der Waals surface area (Å²) in [6, 6.07) is 9.77. The third kappa shape index (κ3) is 1.50. The number of hydrogen-bond donors (Lipinski definition) is 1. The van der Waals surface area contributed by atoms with Crippen LogP contribution in [-0.2, 0) is 10.2 Å². The molecule has 0 radical (unpaired) electrons. The van der Waals surface area contributed by atoms with Crippen LogP contribution < -0.4 is 0 Å². The monoisotopic (exact) mass is 230 g/mol. The summed E-state index contributed by atoms with van der Waals surface area (Å²) >= 11 is 0. The van der Waals surface area contributed by atoms with Gasteiger partial charge in [-0.15, -0.1) is 0 Å². The summed E-state index contributed by atoms with van der Waals surface area (Å²) in [5, 5.41) is 9.58. The van der Waals surface area contributed by atoms with Crippen LogP contribution in [-0.4, -0.2) is 11.1 Å². The van der Waals surface area contributed by atoms with Gasteiger partial charge >= 0.3 is 5.97 Å². The van der Waals surface area contributed by atoms with E-state index in [4.69, 9.17) is 0 Å². The first-order valence-electron chi connectivity index (χ1n) is 6.46. The maximum absolute atomic E-state index is 11.6. The Morgan fingerprint density at radius 1 is 1.06 bits per heavy atom. The molecule has 2 fully saturated rings. The fourth-order valence-electron chi connectivity index (χ4n) is 3.94. The van der Waals surface area contributed by atoms with Crippen molar-refractivity contribution in [3.8, 4) is 0 Å². The molecule has 2 saturated carbocycles. The fraction of sp³-hybridized carbons (Fsp3) is 0.533. The van der Waals surface area contributed by atoms with Gasteiger partial charge in [0.1, 0.15) is 0 Å². The molecule has 0 unspecified atom stereocenters. The van der Waals surface area contributed by atoms with Gasteiger partial charge in [-0.25, -0.2) is 0 Å². The average Bonchev–Trinajstić information content (AvgIpc) is 2.76. The zero-order valence-corrected chi connectivity index (χ0v) is 9.98. The van der Waals surface area contributed by atoms with Gasteiger partial charge in [0, 0.05) is 0 Å². The number of carbonyl (C=O) groups is 1. The Bertz CT molecular complexity index is 421. The lowest BCUT2D eigenvalue weighted by Crippen LogP contribution is -2.53. The smallest absolute Gasteiger partial charge is 0.314 e. The molecule has 0 bridgehead atoms. The molecule has 17 heavy (non-hydrogen) atoms. The van der Waals surface area contributed by atoms with E-state index in [1.54, 1.807) is 0 Å². The summed E-state index contributed by atoms with van der Waals surface area (Å²) in [5.74, 6) is -0.638. The summed E-state index contributed by atoms with van der Waals surface area (Å²) in [7, 11) is 0. The zero-order chi connectivity index (χ0) is 11.9. The van der Waals surface area contributed by atoms with E-state index in [0.717, 1.165) is 18.4 Å². The van der Waals surface area contributed by atoms with Crippen molar-refractivity contribution in [2.75, 3.05) is 0 Å². The van der Waals surface area contributed by atoms with Gasteiger partial charge < -0.3 is 5.11 Å². The maximum atomic E-state index is 11.6. The molecule has 0 atom stereocenters. The minimum absolute atomic E-state index is 0.355. The Kier molecular flexibility index (Phi) is 2.29. The molecule has 1 aromatic rings. The Labute approximate surface area is 102 Å². The maximum Gasteiger partial charge on any atom is 0.314 e. The number of aliphatic carboxylic acids is 1. The van der Waals surface area contributed by atoms with Crippen LogP contribution in [0.2, 0.25) is 0 Å². The van der Waals surface area contributed by atoms with Crippen LogP contribution in [0.4, 0.5) is 0 Å². The molecule has 2 aliphatic carbocycles. The number of benzene rings is 1. The van der Waals surface area contributed by atoms with Gasteiger partial charge in [-0.2, -0.15) is 0 Å². The molecule has 0 aromatic heterocycles. The topological polar surface area (TPSA) is 37.3 Å². The minimum Gasteiger partial charge on any atom is -0.481 e. The summed E-state index contributed by atoms with van der Waals surface area (Å²) in [6.07, 6.45) is 6.72. The number of hydrogen-bond acceptors (Lipinski definition) is 1. The van der Waals surface area contributed by atoms with Crippen molar-refractivity contribution in [1.82, 2.24) is 0 Å². The first-order chi connectivity index (χ1) is 8.17.